The van der Waals surface area contributed by atoms with Crippen molar-refractivity contribution in [1.82, 2.24) is 14.4 Å². The topological polar surface area (TPSA) is 76.3 Å². The number of rotatable bonds is 4. The van der Waals surface area contributed by atoms with E-state index in [1.54, 1.807) is 12.1 Å². The summed E-state index contributed by atoms with van der Waals surface area (Å²) in [6.07, 6.45) is 1.43. The Labute approximate surface area is 165 Å². The zero-order valence-corrected chi connectivity index (χ0v) is 17.0. The Morgan fingerprint density at radius 1 is 1.07 bits per heavy atom. The maximum Gasteiger partial charge on any atom is 0.245 e. The minimum Gasteiger partial charge on any atom is -0.337 e. The summed E-state index contributed by atoms with van der Waals surface area (Å²) in [5.41, 5.74) is 3.98. The highest BCUT2D eigenvalue weighted by atomic mass is 32.2. The predicted molar refractivity (Wildman–Crippen MR) is 106 cm³/mol. The fraction of sp³-hybridized carbons (Fsp3) is 0.333. The molecule has 0 spiro atoms. The summed E-state index contributed by atoms with van der Waals surface area (Å²) in [5.74, 6) is 0.829. The maximum atomic E-state index is 13.2. The van der Waals surface area contributed by atoms with Crippen molar-refractivity contribution in [2.24, 2.45) is 0 Å². The number of benzene rings is 2. The first kappa shape index (κ1) is 18.8. The van der Waals surface area contributed by atoms with E-state index in [2.05, 4.69) is 10.1 Å². The predicted octanol–water partition coefficient (Wildman–Crippen LogP) is 4.19. The van der Waals surface area contributed by atoms with Crippen molar-refractivity contribution >= 4 is 10.0 Å². The number of sulfonamides is 1. The van der Waals surface area contributed by atoms with Gasteiger partial charge >= 0.3 is 0 Å². The van der Waals surface area contributed by atoms with E-state index in [1.807, 2.05) is 51.1 Å². The van der Waals surface area contributed by atoms with Crippen molar-refractivity contribution in [2.75, 3.05) is 6.54 Å². The Morgan fingerprint density at radius 2 is 1.89 bits per heavy atom. The molecule has 3 aromatic rings. The van der Waals surface area contributed by atoms with Gasteiger partial charge in [0, 0.05) is 12.1 Å². The zero-order valence-electron chi connectivity index (χ0n) is 16.2. The molecule has 0 bridgehead atoms. The fourth-order valence-corrected chi connectivity index (χ4v) is 5.29. The van der Waals surface area contributed by atoms with E-state index >= 15 is 0 Å². The molecule has 1 aliphatic rings. The van der Waals surface area contributed by atoms with Crippen LogP contribution in [0.1, 0.15) is 41.5 Å². The highest BCUT2D eigenvalue weighted by molar-refractivity contribution is 7.89. The largest absolute Gasteiger partial charge is 0.337 e. The minimum absolute atomic E-state index is 0.306. The van der Waals surface area contributed by atoms with Crippen LogP contribution in [0.15, 0.2) is 51.9 Å². The van der Waals surface area contributed by atoms with Crippen molar-refractivity contribution < 1.29 is 12.9 Å². The SMILES string of the molecule is Cc1cccc(-c2noc(C3CCCN3S(=O)(=O)c3ccc(C)c(C)c3)n2)c1. The summed E-state index contributed by atoms with van der Waals surface area (Å²) in [4.78, 5) is 4.82. The van der Waals surface area contributed by atoms with Crippen molar-refractivity contribution in [1.29, 1.82) is 0 Å². The van der Waals surface area contributed by atoms with Crippen molar-refractivity contribution in [3.63, 3.8) is 0 Å². The van der Waals surface area contributed by atoms with Gasteiger partial charge in [0.1, 0.15) is 6.04 Å². The van der Waals surface area contributed by atoms with Gasteiger partial charge in [-0.1, -0.05) is 35.0 Å². The molecule has 0 saturated carbocycles. The zero-order chi connectivity index (χ0) is 19.9. The third-order valence-corrected chi connectivity index (χ3v) is 7.20. The summed E-state index contributed by atoms with van der Waals surface area (Å²) in [6, 6.07) is 12.6. The van der Waals surface area contributed by atoms with Gasteiger partial charge in [-0.2, -0.15) is 9.29 Å². The Balaban J connectivity index is 1.66. The van der Waals surface area contributed by atoms with E-state index in [1.165, 1.54) is 4.31 Å². The van der Waals surface area contributed by atoms with Gasteiger partial charge in [0.25, 0.3) is 0 Å². The normalized spacial score (nSPS) is 17.9. The molecule has 0 aliphatic carbocycles. The second-order valence-electron chi connectivity index (χ2n) is 7.35. The molecule has 2 heterocycles. The smallest absolute Gasteiger partial charge is 0.245 e. The average Bonchev–Trinajstić information content (AvgIpc) is 3.33. The van der Waals surface area contributed by atoms with E-state index < -0.39 is 16.1 Å². The van der Waals surface area contributed by atoms with Crippen LogP contribution in [-0.4, -0.2) is 29.4 Å². The summed E-state index contributed by atoms with van der Waals surface area (Å²) in [5, 5.41) is 4.08. The lowest BCUT2D eigenvalue weighted by Crippen LogP contribution is -2.31. The van der Waals surface area contributed by atoms with E-state index in [-0.39, 0.29) is 0 Å². The van der Waals surface area contributed by atoms with Crippen LogP contribution in [-0.2, 0) is 10.0 Å². The number of aryl methyl sites for hydroxylation is 3. The van der Waals surface area contributed by atoms with Crippen LogP contribution in [0, 0.1) is 20.8 Å². The summed E-state index contributed by atoms with van der Waals surface area (Å²) < 4.78 is 33.4. The maximum absolute atomic E-state index is 13.2. The van der Waals surface area contributed by atoms with Crippen LogP contribution in [0.3, 0.4) is 0 Å². The lowest BCUT2D eigenvalue weighted by atomic mass is 10.1. The molecular formula is C21H23N3O3S. The molecule has 0 amide bonds. The Morgan fingerprint density at radius 3 is 2.64 bits per heavy atom. The molecule has 1 atom stereocenters. The van der Waals surface area contributed by atoms with E-state index in [9.17, 15) is 8.42 Å². The number of hydrogen-bond donors (Lipinski definition) is 0. The van der Waals surface area contributed by atoms with E-state index in [4.69, 9.17) is 4.52 Å². The summed E-state index contributed by atoms with van der Waals surface area (Å²) >= 11 is 0. The molecule has 146 valence electrons. The van der Waals surface area contributed by atoms with Gasteiger partial charge in [-0.15, -0.1) is 0 Å². The van der Waals surface area contributed by atoms with Crippen LogP contribution < -0.4 is 0 Å². The van der Waals surface area contributed by atoms with Crippen LogP contribution in [0.25, 0.3) is 11.4 Å². The van der Waals surface area contributed by atoms with E-state index in [0.29, 0.717) is 29.6 Å². The quantitative estimate of drug-likeness (QED) is 0.660. The molecule has 7 heteroatoms. The minimum atomic E-state index is -3.63. The molecule has 1 unspecified atom stereocenters. The molecule has 1 saturated heterocycles. The first-order valence-electron chi connectivity index (χ1n) is 9.36. The van der Waals surface area contributed by atoms with E-state index in [0.717, 1.165) is 28.7 Å². The lowest BCUT2D eigenvalue weighted by molar-refractivity contribution is 0.290. The number of hydrogen-bond acceptors (Lipinski definition) is 5. The van der Waals surface area contributed by atoms with Gasteiger partial charge in [0.2, 0.25) is 21.7 Å². The Bertz CT molecular complexity index is 1120. The van der Waals surface area contributed by atoms with Crippen molar-refractivity contribution in [3.8, 4) is 11.4 Å². The third kappa shape index (κ3) is 3.36. The second-order valence-corrected chi connectivity index (χ2v) is 9.24. The van der Waals surface area contributed by atoms with Crippen molar-refractivity contribution in [2.45, 2.75) is 44.6 Å². The van der Waals surface area contributed by atoms with Gasteiger partial charge in [0.15, 0.2) is 0 Å². The van der Waals surface area contributed by atoms with Crippen LogP contribution in [0.5, 0.6) is 0 Å². The molecule has 4 rings (SSSR count). The molecule has 0 radical (unpaired) electrons. The first-order valence-corrected chi connectivity index (χ1v) is 10.8. The van der Waals surface area contributed by atoms with Crippen molar-refractivity contribution in [3.05, 3.63) is 65.0 Å². The number of nitrogens with zero attached hydrogens (tertiary/aromatic N) is 3. The third-order valence-electron chi connectivity index (χ3n) is 5.29. The van der Waals surface area contributed by atoms with Crippen LogP contribution in [0.4, 0.5) is 0 Å². The molecule has 1 aliphatic heterocycles. The second kappa shape index (κ2) is 7.14. The molecule has 0 N–H and O–H groups in total. The van der Waals surface area contributed by atoms with Gasteiger partial charge in [-0.3, -0.25) is 0 Å². The van der Waals surface area contributed by atoms with Gasteiger partial charge in [-0.05, 0) is 62.9 Å². The summed E-state index contributed by atoms with van der Waals surface area (Å²) in [7, 11) is -3.63. The summed E-state index contributed by atoms with van der Waals surface area (Å²) in [6.45, 7) is 6.33. The van der Waals surface area contributed by atoms with Gasteiger partial charge in [-0.25, -0.2) is 8.42 Å². The standard InChI is InChI=1S/C21H23N3O3S/c1-14-6-4-7-17(12-14)20-22-21(27-23-20)19-8-5-11-24(19)28(25,26)18-10-9-15(2)16(3)13-18/h4,6-7,9-10,12-13,19H,5,8,11H2,1-3H3. The Kier molecular flexibility index (Phi) is 4.81. The van der Waals surface area contributed by atoms with Gasteiger partial charge < -0.3 is 4.52 Å². The molecule has 6 nitrogen and oxygen atoms in total. The fourth-order valence-electron chi connectivity index (χ4n) is 3.56. The molecule has 1 fully saturated rings. The lowest BCUT2D eigenvalue weighted by Gasteiger charge is -2.21. The molecule has 28 heavy (non-hydrogen) atoms. The highest BCUT2D eigenvalue weighted by Crippen LogP contribution is 2.36. The van der Waals surface area contributed by atoms with Crippen LogP contribution >= 0.6 is 0 Å². The monoisotopic (exact) mass is 397 g/mol. The highest BCUT2D eigenvalue weighted by Gasteiger charge is 2.39. The van der Waals surface area contributed by atoms with Crippen LogP contribution in [0.2, 0.25) is 0 Å². The van der Waals surface area contributed by atoms with Gasteiger partial charge in [0.05, 0.1) is 4.90 Å². The average molecular weight is 398 g/mol. The molecular weight excluding hydrogens is 374 g/mol. The number of aromatic nitrogens is 2. The molecule has 1 aromatic heterocycles. The molecule has 2 aromatic carbocycles. The first-order chi connectivity index (χ1) is 13.4. The Hall–Kier alpha value is -2.51.